The minimum absolute atomic E-state index is 0.0595. The van der Waals surface area contributed by atoms with Gasteiger partial charge in [-0.3, -0.25) is 4.79 Å². The van der Waals surface area contributed by atoms with Crippen LogP contribution in [0.1, 0.15) is 34.3 Å². The fraction of sp³-hybridized carbons (Fsp3) is 0.269. The number of amides is 1. The summed E-state index contributed by atoms with van der Waals surface area (Å²) >= 11 is 5.95. The maximum atomic E-state index is 12.5. The molecule has 0 bridgehead atoms. The van der Waals surface area contributed by atoms with E-state index in [0.717, 1.165) is 34.7 Å². The van der Waals surface area contributed by atoms with Gasteiger partial charge >= 0.3 is 0 Å². The van der Waals surface area contributed by atoms with Crippen LogP contribution in [-0.4, -0.2) is 30.4 Å². The highest BCUT2D eigenvalue weighted by Crippen LogP contribution is 2.22. The molecule has 0 aliphatic carbocycles. The Morgan fingerprint density at radius 1 is 0.800 bits per heavy atom. The summed E-state index contributed by atoms with van der Waals surface area (Å²) in [4.78, 5) is 15.0. The SMILES string of the molecule is O=C(NCc1ccc(CCN2CCCC2)cc1)c1ccc(-c2ccc(Cl)cc2)cc1. The molecular formula is C26H27ClN2O. The third-order valence-electron chi connectivity index (χ3n) is 5.72. The van der Waals surface area contributed by atoms with E-state index in [1.54, 1.807) is 0 Å². The highest BCUT2D eigenvalue weighted by atomic mass is 35.5. The van der Waals surface area contributed by atoms with E-state index in [0.29, 0.717) is 12.1 Å². The summed E-state index contributed by atoms with van der Waals surface area (Å²) in [5, 5.41) is 3.73. The van der Waals surface area contributed by atoms with E-state index in [9.17, 15) is 4.79 Å². The zero-order valence-electron chi connectivity index (χ0n) is 17.1. The van der Waals surface area contributed by atoms with Crippen LogP contribution in [-0.2, 0) is 13.0 Å². The maximum Gasteiger partial charge on any atom is 0.251 e. The molecule has 4 heteroatoms. The first-order valence-electron chi connectivity index (χ1n) is 10.6. The average molecular weight is 419 g/mol. The van der Waals surface area contributed by atoms with E-state index >= 15 is 0 Å². The minimum Gasteiger partial charge on any atom is -0.348 e. The normalized spacial score (nSPS) is 14.0. The van der Waals surface area contributed by atoms with Gasteiger partial charge in [-0.2, -0.15) is 0 Å². The van der Waals surface area contributed by atoms with E-state index in [-0.39, 0.29) is 5.91 Å². The van der Waals surface area contributed by atoms with Gasteiger partial charge < -0.3 is 10.2 Å². The van der Waals surface area contributed by atoms with Gasteiger partial charge in [-0.05, 0) is 78.9 Å². The van der Waals surface area contributed by atoms with Gasteiger partial charge in [0.25, 0.3) is 5.91 Å². The van der Waals surface area contributed by atoms with Gasteiger partial charge in [0.05, 0.1) is 0 Å². The topological polar surface area (TPSA) is 32.3 Å². The van der Waals surface area contributed by atoms with Crippen molar-refractivity contribution >= 4 is 17.5 Å². The molecule has 3 nitrogen and oxygen atoms in total. The van der Waals surface area contributed by atoms with E-state index in [2.05, 4.69) is 34.5 Å². The second kappa shape index (κ2) is 9.92. The number of likely N-dealkylation sites (tertiary alicyclic amines) is 1. The number of carbonyl (C=O) groups excluding carboxylic acids is 1. The largest absolute Gasteiger partial charge is 0.348 e. The number of benzene rings is 3. The van der Waals surface area contributed by atoms with Gasteiger partial charge in [0.15, 0.2) is 0 Å². The van der Waals surface area contributed by atoms with E-state index < -0.39 is 0 Å². The molecule has 30 heavy (non-hydrogen) atoms. The van der Waals surface area contributed by atoms with Crippen LogP contribution in [0.4, 0.5) is 0 Å². The molecule has 1 N–H and O–H groups in total. The van der Waals surface area contributed by atoms with Crippen LogP contribution in [0.5, 0.6) is 0 Å². The Hall–Kier alpha value is -2.62. The highest BCUT2D eigenvalue weighted by molar-refractivity contribution is 6.30. The molecule has 0 aromatic heterocycles. The summed E-state index contributed by atoms with van der Waals surface area (Å²) in [5.41, 5.74) is 5.28. The Morgan fingerprint density at radius 3 is 2.00 bits per heavy atom. The van der Waals surface area contributed by atoms with E-state index in [1.807, 2.05) is 48.5 Å². The molecule has 4 rings (SSSR count). The lowest BCUT2D eigenvalue weighted by molar-refractivity contribution is 0.0951. The van der Waals surface area contributed by atoms with Crippen molar-refractivity contribution < 1.29 is 4.79 Å². The lowest BCUT2D eigenvalue weighted by atomic mass is 10.0. The number of nitrogens with one attached hydrogen (secondary N) is 1. The first kappa shape index (κ1) is 20.6. The summed E-state index contributed by atoms with van der Waals surface area (Å²) in [6, 6.07) is 23.9. The average Bonchev–Trinajstić information content (AvgIpc) is 3.31. The molecular weight excluding hydrogens is 392 g/mol. The smallest absolute Gasteiger partial charge is 0.251 e. The lowest BCUT2D eigenvalue weighted by Gasteiger charge is -2.14. The first-order valence-corrected chi connectivity index (χ1v) is 11.0. The Balaban J connectivity index is 1.28. The molecule has 0 spiro atoms. The highest BCUT2D eigenvalue weighted by Gasteiger charge is 2.11. The molecule has 1 amide bonds. The van der Waals surface area contributed by atoms with Crippen molar-refractivity contribution in [2.45, 2.75) is 25.8 Å². The molecule has 1 heterocycles. The van der Waals surface area contributed by atoms with Crippen LogP contribution < -0.4 is 5.32 Å². The van der Waals surface area contributed by atoms with Crippen LogP contribution in [0.3, 0.4) is 0 Å². The number of halogens is 1. The number of carbonyl (C=O) groups is 1. The summed E-state index contributed by atoms with van der Waals surface area (Å²) in [6.45, 7) is 4.15. The molecule has 1 saturated heterocycles. The standard InChI is InChI=1S/C26H27ClN2O/c27-25-13-11-23(12-14-25)22-7-9-24(10-8-22)26(30)28-19-21-5-3-20(4-6-21)15-18-29-16-1-2-17-29/h3-14H,1-2,15-19H2,(H,28,30). The quantitative estimate of drug-likeness (QED) is 0.543. The molecule has 0 saturated carbocycles. The van der Waals surface area contributed by atoms with Crippen LogP contribution in [0.25, 0.3) is 11.1 Å². The van der Waals surface area contributed by atoms with Gasteiger partial charge in [-0.25, -0.2) is 0 Å². The maximum absolute atomic E-state index is 12.5. The minimum atomic E-state index is -0.0595. The molecule has 3 aromatic rings. The van der Waals surface area contributed by atoms with Crippen molar-refractivity contribution in [3.05, 3.63) is 94.5 Å². The Morgan fingerprint density at radius 2 is 1.37 bits per heavy atom. The molecule has 154 valence electrons. The van der Waals surface area contributed by atoms with Crippen molar-refractivity contribution in [3.8, 4) is 11.1 Å². The molecule has 0 unspecified atom stereocenters. The van der Waals surface area contributed by atoms with Crippen molar-refractivity contribution in [1.82, 2.24) is 10.2 Å². The summed E-state index contributed by atoms with van der Waals surface area (Å²) in [7, 11) is 0. The second-order valence-corrected chi connectivity index (χ2v) is 8.32. The fourth-order valence-electron chi connectivity index (χ4n) is 3.86. The number of hydrogen-bond donors (Lipinski definition) is 1. The van der Waals surface area contributed by atoms with Gasteiger partial charge in [-0.1, -0.05) is 60.1 Å². The zero-order chi connectivity index (χ0) is 20.8. The fourth-order valence-corrected chi connectivity index (χ4v) is 3.98. The van der Waals surface area contributed by atoms with Gasteiger partial charge in [0, 0.05) is 23.7 Å². The molecule has 1 fully saturated rings. The van der Waals surface area contributed by atoms with Crippen molar-refractivity contribution in [1.29, 1.82) is 0 Å². The Labute approximate surface area is 183 Å². The van der Waals surface area contributed by atoms with Crippen molar-refractivity contribution in [2.24, 2.45) is 0 Å². The second-order valence-electron chi connectivity index (χ2n) is 7.88. The third-order valence-corrected chi connectivity index (χ3v) is 5.97. The monoisotopic (exact) mass is 418 g/mol. The van der Waals surface area contributed by atoms with Crippen LogP contribution in [0, 0.1) is 0 Å². The van der Waals surface area contributed by atoms with Crippen LogP contribution in [0.2, 0.25) is 5.02 Å². The van der Waals surface area contributed by atoms with Crippen LogP contribution >= 0.6 is 11.6 Å². The Kier molecular flexibility index (Phi) is 6.83. The first-order chi connectivity index (χ1) is 14.7. The lowest BCUT2D eigenvalue weighted by Crippen LogP contribution is -2.23. The third kappa shape index (κ3) is 5.50. The van der Waals surface area contributed by atoms with E-state index in [1.165, 1.54) is 31.5 Å². The van der Waals surface area contributed by atoms with Crippen molar-refractivity contribution in [2.75, 3.05) is 19.6 Å². The summed E-state index contributed by atoms with van der Waals surface area (Å²) < 4.78 is 0. The predicted octanol–water partition coefficient (Wildman–Crippen LogP) is 5.58. The molecule has 1 aliphatic heterocycles. The van der Waals surface area contributed by atoms with Crippen molar-refractivity contribution in [3.63, 3.8) is 0 Å². The van der Waals surface area contributed by atoms with E-state index in [4.69, 9.17) is 11.6 Å². The zero-order valence-corrected chi connectivity index (χ0v) is 17.9. The van der Waals surface area contributed by atoms with Gasteiger partial charge in [-0.15, -0.1) is 0 Å². The molecule has 0 atom stereocenters. The molecule has 0 radical (unpaired) electrons. The number of rotatable bonds is 7. The predicted molar refractivity (Wildman–Crippen MR) is 124 cm³/mol. The van der Waals surface area contributed by atoms with Gasteiger partial charge in [0.2, 0.25) is 0 Å². The van der Waals surface area contributed by atoms with Crippen LogP contribution in [0.15, 0.2) is 72.8 Å². The summed E-state index contributed by atoms with van der Waals surface area (Å²) in [5.74, 6) is -0.0595. The molecule has 3 aromatic carbocycles. The molecule has 1 aliphatic rings. The Bertz CT molecular complexity index is 959. The number of nitrogens with zero attached hydrogens (tertiary/aromatic N) is 1. The number of hydrogen-bond acceptors (Lipinski definition) is 2. The van der Waals surface area contributed by atoms with Gasteiger partial charge in [0.1, 0.15) is 0 Å². The summed E-state index contributed by atoms with van der Waals surface area (Å²) in [6.07, 6.45) is 3.76.